The van der Waals surface area contributed by atoms with Crippen molar-refractivity contribution in [3.05, 3.63) is 92.8 Å². The number of hydrogen-bond acceptors (Lipinski definition) is 4. The summed E-state index contributed by atoms with van der Waals surface area (Å²) >= 11 is 6.25. The molecule has 0 bridgehead atoms. The van der Waals surface area contributed by atoms with Crippen molar-refractivity contribution in [3.63, 3.8) is 0 Å². The van der Waals surface area contributed by atoms with Crippen molar-refractivity contribution in [2.45, 2.75) is 34.2 Å². The summed E-state index contributed by atoms with van der Waals surface area (Å²) in [6, 6.07) is 11.3. The lowest BCUT2D eigenvalue weighted by atomic mass is 10.0. The van der Waals surface area contributed by atoms with E-state index in [0.717, 1.165) is 28.2 Å². The summed E-state index contributed by atoms with van der Waals surface area (Å²) in [6.45, 7) is 7.98. The highest BCUT2D eigenvalue weighted by molar-refractivity contribution is 6.30. The third kappa shape index (κ3) is 4.02. The molecule has 3 aromatic rings. The first-order chi connectivity index (χ1) is 15.7. The molecule has 6 nitrogen and oxygen atoms in total. The van der Waals surface area contributed by atoms with Crippen LogP contribution in [0, 0.1) is 20.8 Å². The maximum Gasteiger partial charge on any atom is 0.340 e. The van der Waals surface area contributed by atoms with Crippen LogP contribution in [0.1, 0.15) is 35.2 Å². The molecule has 0 radical (unpaired) electrons. The molecule has 0 unspecified atom stereocenters. The molecule has 1 aromatic carbocycles. The Labute approximate surface area is 197 Å². The van der Waals surface area contributed by atoms with Gasteiger partial charge in [-0.1, -0.05) is 17.7 Å². The number of rotatable bonds is 5. The van der Waals surface area contributed by atoms with E-state index < -0.39 is 5.97 Å². The predicted molar refractivity (Wildman–Crippen MR) is 127 cm³/mol. The molecule has 33 heavy (non-hydrogen) atoms. The molecule has 0 saturated heterocycles. The minimum absolute atomic E-state index is 0.232. The van der Waals surface area contributed by atoms with Crippen LogP contribution < -0.4 is 0 Å². The summed E-state index contributed by atoms with van der Waals surface area (Å²) in [5.41, 5.74) is 5.91. The molecule has 4 rings (SSSR count). The highest BCUT2D eigenvalue weighted by atomic mass is 35.5. The maximum absolute atomic E-state index is 13.4. The molecule has 0 N–H and O–H groups in total. The van der Waals surface area contributed by atoms with E-state index in [1.165, 1.54) is 12.0 Å². The van der Waals surface area contributed by atoms with Gasteiger partial charge in [-0.3, -0.25) is 4.79 Å². The Balaban J connectivity index is 1.81. The molecule has 170 valence electrons. The van der Waals surface area contributed by atoms with Crippen molar-refractivity contribution in [3.8, 4) is 5.69 Å². The van der Waals surface area contributed by atoms with Crippen molar-refractivity contribution < 1.29 is 18.7 Å². The number of hydrogen-bond donors (Lipinski definition) is 0. The number of aromatic nitrogens is 1. The van der Waals surface area contributed by atoms with Gasteiger partial charge in [-0.25, -0.2) is 4.79 Å². The summed E-state index contributed by atoms with van der Waals surface area (Å²) in [5.74, 6) is -0.190. The van der Waals surface area contributed by atoms with Crippen LogP contribution in [-0.4, -0.2) is 28.5 Å². The van der Waals surface area contributed by atoms with E-state index >= 15 is 0 Å². The average molecular weight is 465 g/mol. The molecule has 7 heteroatoms. The van der Waals surface area contributed by atoms with Crippen LogP contribution in [-0.2, 0) is 20.9 Å². The monoisotopic (exact) mass is 464 g/mol. The zero-order chi connectivity index (χ0) is 23.9. The van der Waals surface area contributed by atoms with E-state index in [2.05, 4.69) is 4.57 Å². The first-order valence-corrected chi connectivity index (χ1v) is 10.9. The van der Waals surface area contributed by atoms with Gasteiger partial charge in [-0.05, 0) is 75.2 Å². The molecule has 0 saturated carbocycles. The van der Waals surface area contributed by atoms with Gasteiger partial charge >= 0.3 is 5.97 Å². The Hall–Kier alpha value is -3.51. The topological polar surface area (TPSA) is 64.7 Å². The molecule has 0 aliphatic carbocycles. The minimum Gasteiger partial charge on any atom is -0.467 e. The van der Waals surface area contributed by atoms with E-state index in [1.54, 1.807) is 31.4 Å². The second-order valence-electron chi connectivity index (χ2n) is 8.07. The second kappa shape index (κ2) is 8.79. The van der Waals surface area contributed by atoms with E-state index in [1.807, 2.05) is 45.0 Å². The van der Waals surface area contributed by atoms with Gasteiger partial charge in [0.05, 0.1) is 31.1 Å². The van der Waals surface area contributed by atoms with Crippen molar-refractivity contribution >= 4 is 29.6 Å². The SMILES string of the molecule is COC(=O)C1=C(C)N(Cc2ccco2)C(=O)/C1=C\c1cc(C)n(-c2cc(Cl)ccc2C)c1C. The van der Waals surface area contributed by atoms with Gasteiger partial charge in [0.15, 0.2) is 0 Å². The van der Waals surface area contributed by atoms with Crippen LogP contribution in [0.25, 0.3) is 11.8 Å². The number of esters is 1. The fraction of sp³-hybridized carbons (Fsp3) is 0.231. The van der Waals surface area contributed by atoms with Gasteiger partial charge in [-0.2, -0.15) is 0 Å². The molecular formula is C26H25ClN2O4. The Kier molecular flexibility index (Phi) is 6.04. The number of amides is 1. The smallest absolute Gasteiger partial charge is 0.340 e. The van der Waals surface area contributed by atoms with Crippen LogP contribution in [0.3, 0.4) is 0 Å². The van der Waals surface area contributed by atoms with Crippen LogP contribution in [0.15, 0.2) is 63.9 Å². The van der Waals surface area contributed by atoms with Crippen LogP contribution >= 0.6 is 11.6 Å². The lowest BCUT2D eigenvalue weighted by Gasteiger charge is -2.16. The highest BCUT2D eigenvalue weighted by Crippen LogP contribution is 2.34. The second-order valence-corrected chi connectivity index (χ2v) is 8.51. The number of carbonyl (C=O) groups excluding carboxylic acids is 2. The molecule has 1 aliphatic heterocycles. The number of nitrogens with zero attached hydrogens (tertiary/aromatic N) is 2. The molecule has 1 aliphatic rings. The first kappa shape index (κ1) is 22.7. The van der Waals surface area contributed by atoms with E-state index in [-0.39, 0.29) is 18.0 Å². The fourth-order valence-electron chi connectivity index (χ4n) is 4.26. The molecule has 0 atom stereocenters. The fourth-order valence-corrected chi connectivity index (χ4v) is 4.43. The van der Waals surface area contributed by atoms with Crippen LogP contribution in [0.5, 0.6) is 0 Å². The number of ether oxygens (including phenoxy) is 1. The van der Waals surface area contributed by atoms with Gasteiger partial charge in [0.1, 0.15) is 5.76 Å². The Morgan fingerprint density at radius 1 is 1.15 bits per heavy atom. The Morgan fingerprint density at radius 2 is 1.91 bits per heavy atom. The van der Waals surface area contributed by atoms with Crippen LogP contribution in [0.4, 0.5) is 0 Å². The zero-order valence-electron chi connectivity index (χ0n) is 19.2. The predicted octanol–water partition coefficient (Wildman–Crippen LogP) is 5.52. The van der Waals surface area contributed by atoms with Gasteiger partial charge in [-0.15, -0.1) is 0 Å². The number of benzene rings is 1. The molecule has 0 fully saturated rings. The van der Waals surface area contributed by atoms with Crippen molar-refractivity contribution in [2.24, 2.45) is 0 Å². The standard InChI is InChI=1S/C26H25ClN2O4/c1-15-8-9-20(27)13-23(15)29-16(2)11-19(17(29)3)12-22-24(26(31)32-5)18(4)28(25(22)30)14-21-7-6-10-33-21/h6-13H,14H2,1-5H3/b22-12-. The van der Waals surface area contributed by atoms with Crippen molar-refractivity contribution in [2.75, 3.05) is 7.11 Å². The molecule has 0 spiro atoms. The number of carbonyl (C=O) groups is 2. The summed E-state index contributed by atoms with van der Waals surface area (Å²) in [5, 5.41) is 0.647. The molecular weight excluding hydrogens is 440 g/mol. The van der Waals surface area contributed by atoms with Crippen molar-refractivity contribution in [1.29, 1.82) is 0 Å². The van der Waals surface area contributed by atoms with Gasteiger partial charge in [0.2, 0.25) is 0 Å². The Morgan fingerprint density at radius 3 is 2.58 bits per heavy atom. The van der Waals surface area contributed by atoms with Gasteiger partial charge in [0, 0.05) is 27.8 Å². The maximum atomic E-state index is 13.4. The lowest BCUT2D eigenvalue weighted by molar-refractivity contribution is -0.136. The summed E-state index contributed by atoms with van der Waals surface area (Å²) in [4.78, 5) is 27.6. The summed E-state index contributed by atoms with van der Waals surface area (Å²) in [7, 11) is 1.31. The number of allylic oxidation sites excluding steroid dienone is 1. The lowest BCUT2D eigenvalue weighted by Crippen LogP contribution is -2.24. The normalized spacial score (nSPS) is 15.2. The largest absolute Gasteiger partial charge is 0.467 e. The van der Waals surface area contributed by atoms with E-state index in [9.17, 15) is 9.59 Å². The van der Waals surface area contributed by atoms with E-state index in [4.69, 9.17) is 20.8 Å². The van der Waals surface area contributed by atoms with Crippen molar-refractivity contribution in [1.82, 2.24) is 9.47 Å². The summed E-state index contributed by atoms with van der Waals surface area (Å²) < 4.78 is 12.5. The summed E-state index contributed by atoms with van der Waals surface area (Å²) in [6.07, 6.45) is 3.32. The number of furan rings is 1. The quantitative estimate of drug-likeness (QED) is 0.368. The average Bonchev–Trinajstić information content (AvgIpc) is 3.45. The first-order valence-electron chi connectivity index (χ1n) is 10.5. The molecule has 2 aromatic heterocycles. The molecule has 1 amide bonds. The number of halogens is 1. The molecule has 3 heterocycles. The number of methoxy groups -OCH3 is 1. The number of aryl methyl sites for hydroxylation is 2. The minimum atomic E-state index is -0.548. The van der Waals surface area contributed by atoms with Gasteiger partial charge < -0.3 is 18.6 Å². The van der Waals surface area contributed by atoms with E-state index in [0.29, 0.717) is 22.1 Å². The zero-order valence-corrected chi connectivity index (χ0v) is 20.0. The van der Waals surface area contributed by atoms with Crippen LogP contribution in [0.2, 0.25) is 5.02 Å². The third-order valence-corrected chi connectivity index (χ3v) is 6.21. The van der Waals surface area contributed by atoms with Gasteiger partial charge in [0.25, 0.3) is 5.91 Å². The third-order valence-electron chi connectivity index (χ3n) is 5.98. The Bertz CT molecular complexity index is 1310. The highest BCUT2D eigenvalue weighted by Gasteiger charge is 2.37.